The van der Waals surface area contributed by atoms with E-state index in [1.54, 1.807) is 4.90 Å². The molecule has 0 spiro atoms. The molecule has 3 aromatic carbocycles. The van der Waals surface area contributed by atoms with Gasteiger partial charge in [0, 0.05) is 5.69 Å². The molecule has 154 valence electrons. The van der Waals surface area contributed by atoms with E-state index in [-0.39, 0.29) is 18.1 Å². The highest BCUT2D eigenvalue weighted by molar-refractivity contribution is 6.30. The highest BCUT2D eigenvalue weighted by Crippen LogP contribution is 2.31. The molecular weight excluding hydrogens is 388 g/mol. The topological polar surface area (TPSA) is 85.2 Å². The number of aliphatic hydroxyl groups is 1. The number of aryl methyl sites for hydroxylation is 1. The van der Waals surface area contributed by atoms with Crippen LogP contribution >= 0.6 is 0 Å². The molecule has 0 unspecified atom stereocenters. The summed E-state index contributed by atoms with van der Waals surface area (Å²) in [5.41, 5.74) is 5.17. The van der Waals surface area contributed by atoms with Gasteiger partial charge in [0.1, 0.15) is 29.8 Å². The molecule has 6 nitrogen and oxygen atoms in total. The van der Waals surface area contributed by atoms with Gasteiger partial charge in [0.15, 0.2) is 0 Å². The second-order valence-electron chi connectivity index (χ2n) is 7.63. The number of fused-ring (bicyclic) bond motifs is 1. The molecule has 6 heteroatoms. The molecule has 1 aromatic heterocycles. The second-order valence-corrected chi connectivity index (χ2v) is 7.63. The van der Waals surface area contributed by atoms with Crippen molar-refractivity contribution in [1.29, 1.82) is 5.41 Å². The third kappa shape index (κ3) is 3.64. The van der Waals surface area contributed by atoms with Crippen molar-refractivity contribution in [2.24, 2.45) is 0 Å². The largest absolute Gasteiger partial charge is 0.509 e. The summed E-state index contributed by atoms with van der Waals surface area (Å²) < 4.78 is 5.84. The summed E-state index contributed by atoms with van der Waals surface area (Å²) in [5.74, 6) is 1.60. The molecule has 0 saturated carbocycles. The van der Waals surface area contributed by atoms with Gasteiger partial charge in [-0.1, -0.05) is 36.4 Å². The van der Waals surface area contributed by atoms with Crippen LogP contribution in [-0.4, -0.2) is 27.5 Å². The van der Waals surface area contributed by atoms with Crippen LogP contribution < -0.4 is 9.64 Å². The third-order valence-corrected chi connectivity index (χ3v) is 5.37. The molecule has 0 radical (unpaired) electrons. The van der Waals surface area contributed by atoms with E-state index in [4.69, 9.17) is 10.1 Å². The van der Waals surface area contributed by atoms with Crippen molar-refractivity contribution in [3.63, 3.8) is 0 Å². The Morgan fingerprint density at radius 1 is 1.06 bits per heavy atom. The van der Waals surface area contributed by atoms with Gasteiger partial charge in [-0.2, -0.15) is 0 Å². The van der Waals surface area contributed by atoms with Crippen molar-refractivity contribution in [3.05, 3.63) is 95.5 Å². The van der Waals surface area contributed by atoms with Gasteiger partial charge in [0.25, 0.3) is 0 Å². The second kappa shape index (κ2) is 7.65. The van der Waals surface area contributed by atoms with Gasteiger partial charge in [0.05, 0.1) is 23.2 Å². The van der Waals surface area contributed by atoms with E-state index in [0.29, 0.717) is 18.0 Å². The number of hydrogen-bond acceptors (Lipinski definition) is 4. The lowest BCUT2D eigenvalue weighted by Crippen LogP contribution is -2.26. The zero-order chi connectivity index (χ0) is 21.4. The Morgan fingerprint density at radius 3 is 2.61 bits per heavy atom. The highest BCUT2D eigenvalue weighted by Gasteiger charge is 2.31. The Labute approximate surface area is 180 Å². The lowest BCUT2D eigenvalue weighted by atomic mass is 10.2. The fraction of sp³-hybridized carbons (Fsp3) is 0.120. The fourth-order valence-electron chi connectivity index (χ4n) is 3.75. The Morgan fingerprint density at radius 2 is 1.84 bits per heavy atom. The summed E-state index contributed by atoms with van der Waals surface area (Å²) in [6.45, 7) is 2.75. The van der Waals surface area contributed by atoms with E-state index in [2.05, 4.69) is 9.97 Å². The number of benzene rings is 3. The normalized spacial score (nSPS) is 14.0. The summed E-state index contributed by atoms with van der Waals surface area (Å²) in [6, 6.07) is 23.5. The smallest absolute Gasteiger partial charge is 0.145 e. The van der Waals surface area contributed by atoms with Crippen LogP contribution in [0.2, 0.25) is 0 Å². The fourth-order valence-corrected chi connectivity index (χ4v) is 3.75. The Hall–Kier alpha value is -4.06. The van der Waals surface area contributed by atoms with Gasteiger partial charge in [-0.15, -0.1) is 0 Å². The van der Waals surface area contributed by atoms with Crippen LogP contribution in [0.15, 0.2) is 78.6 Å². The average molecular weight is 410 g/mol. The SMILES string of the molecule is Cc1ccc2nc(C3=C(O)CN(c4ccc(OCc5ccccc5)cc4)C3=N)[nH]c2c1. The number of anilines is 1. The first kappa shape index (κ1) is 18.9. The molecular formula is C25H22N4O2. The predicted molar refractivity (Wildman–Crippen MR) is 123 cm³/mol. The zero-order valence-corrected chi connectivity index (χ0v) is 17.1. The van der Waals surface area contributed by atoms with Crippen LogP contribution in [0.25, 0.3) is 16.6 Å². The first-order valence-electron chi connectivity index (χ1n) is 10.1. The molecule has 3 N–H and O–H groups in total. The predicted octanol–water partition coefficient (Wildman–Crippen LogP) is 5.22. The minimum atomic E-state index is 0.130. The maximum Gasteiger partial charge on any atom is 0.145 e. The number of aromatic amines is 1. The molecule has 5 rings (SSSR count). The van der Waals surface area contributed by atoms with E-state index in [9.17, 15) is 5.11 Å². The molecule has 31 heavy (non-hydrogen) atoms. The monoisotopic (exact) mass is 410 g/mol. The summed E-state index contributed by atoms with van der Waals surface area (Å²) in [4.78, 5) is 9.56. The van der Waals surface area contributed by atoms with Crippen LogP contribution in [0, 0.1) is 12.3 Å². The molecule has 0 saturated heterocycles. The Kier molecular flexibility index (Phi) is 4.67. The molecule has 0 fully saturated rings. The molecule has 0 atom stereocenters. The molecule has 2 heterocycles. The van der Waals surface area contributed by atoms with E-state index in [0.717, 1.165) is 33.6 Å². The van der Waals surface area contributed by atoms with Gasteiger partial charge in [-0.25, -0.2) is 4.98 Å². The van der Waals surface area contributed by atoms with Crippen molar-refractivity contribution < 1.29 is 9.84 Å². The quantitative estimate of drug-likeness (QED) is 0.421. The van der Waals surface area contributed by atoms with Gasteiger partial charge >= 0.3 is 0 Å². The summed E-state index contributed by atoms with van der Waals surface area (Å²) >= 11 is 0. The van der Waals surface area contributed by atoms with Crippen molar-refractivity contribution >= 4 is 28.1 Å². The molecule has 4 aromatic rings. The molecule has 0 bridgehead atoms. The number of amidine groups is 1. The summed E-state index contributed by atoms with van der Waals surface area (Å²) in [6.07, 6.45) is 0. The first-order valence-corrected chi connectivity index (χ1v) is 10.1. The van der Waals surface area contributed by atoms with Gasteiger partial charge in [0.2, 0.25) is 0 Å². The Bertz CT molecular complexity index is 1290. The highest BCUT2D eigenvalue weighted by atomic mass is 16.5. The van der Waals surface area contributed by atoms with Crippen molar-refractivity contribution in [3.8, 4) is 5.75 Å². The molecule has 0 aliphatic carbocycles. The molecule has 1 aliphatic rings. The number of aromatic nitrogens is 2. The zero-order valence-electron chi connectivity index (χ0n) is 17.1. The Balaban J connectivity index is 1.33. The van der Waals surface area contributed by atoms with E-state index in [1.807, 2.05) is 79.7 Å². The summed E-state index contributed by atoms with van der Waals surface area (Å²) in [7, 11) is 0. The lowest BCUT2D eigenvalue weighted by Gasteiger charge is -2.19. The maximum atomic E-state index is 10.6. The number of ether oxygens (including phenoxy) is 1. The van der Waals surface area contributed by atoms with Gasteiger partial charge in [-0.05, 0) is 54.4 Å². The van der Waals surface area contributed by atoms with Crippen LogP contribution in [-0.2, 0) is 6.61 Å². The first-order chi connectivity index (χ1) is 15.1. The minimum absolute atomic E-state index is 0.130. The van der Waals surface area contributed by atoms with Gasteiger partial charge in [-0.3, -0.25) is 5.41 Å². The van der Waals surface area contributed by atoms with E-state index in [1.165, 1.54) is 0 Å². The van der Waals surface area contributed by atoms with Crippen molar-refractivity contribution in [1.82, 2.24) is 9.97 Å². The van der Waals surface area contributed by atoms with Crippen LogP contribution in [0.3, 0.4) is 0 Å². The number of aliphatic hydroxyl groups excluding tert-OH is 1. The minimum Gasteiger partial charge on any atom is -0.509 e. The molecule has 0 amide bonds. The van der Waals surface area contributed by atoms with Gasteiger partial charge < -0.3 is 19.7 Å². The number of hydrogen-bond donors (Lipinski definition) is 3. The summed E-state index contributed by atoms with van der Waals surface area (Å²) in [5, 5.41) is 19.2. The standard InChI is InChI=1S/C25H22N4O2/c1-16-7-12-20-21(13-16)28-25(27-20)23-22(30)14-29(24(23)26)18-8-10-19(11-9-18)31-15-17-5-3-2-4-6-17/h2-13,26,30H,14-15H2,1H3,(H,27,28). The molecule has 1 aliphatic heterocycles. The third-order valence-electron chi connectivity index (χ3n) is 5.37. The average Bonchev–Trinajstić information content (AvgIpc) is 3.32. The van der Waals surface area contributed by atoms with Crippen LogP contribution in [0.4, 0.5) is 5.69 Å². The number of rotatable bonds is 5. The number of nitrogens with one attached hydrogen (secondary N) is 2. The van der Waals surface area contributed by atoms with Crippen molar-refractivity contribution in [2.45, 2.75) is 13.5 Å². The lowest BCUT2D eigenvalue weighted by molar-refractivity contribution is 0.306. The number of H-pyrrole nitrogens is 1. The van der Waals surface area contributed by atoms with Crippen LogP contribution in [0.1, 0.15) is 17.0 Å². The van der Waals surface area contributed by atoms with Crippen LogP contribution in [0.5, 0.6) is 5.75 Å². The van der Waals surface area contributed by atoms with Crippen molar-refractivity contribution in [2.75, 3.05) is 11.4 Å². The number of imidazole rings is 1. The van der Waals surface area contributed by atoms with E-state index < -0.39 is 0 Å². The maximum absolute atomic E-state index is 10.6. The van der Waals surface area contributed by atoms with E-state index >= 15 is 0 Å². The number of nitrogens with zero attached hydrogens (tertiary/aromatic N) is 2.